The van der Waals surface area contributed by atoms with E-state index >= 15 is 0 Å². The van der Waals surface area contributed by atoms with Gasteiger partial charge in [-0.05, 0) is 30.5 Å². The Kier molecular flexibility index (Phi) is 6.78. The molecular formula is C21H26FN3O5S. The van der Waals surface area contributed by atoms with Crippen LogP contribution < -0.4 is 10.3 Å². The predicted octanol–water partition coefficient (Wildman–Crippen LogP) is 1.73. The fourth-order valence-electron chi connectivity index (χ4n) is 3.67. The van der Waals surface area contributed by atoms with Gasteiger partial charge in [-0.25, -0.2) is 17.5 Å². The summed E-state index contributed by atoms with van der Waals surface area (Å²) in [6, 6.07) is 6.31. The number of rotatable bonds is 7. The average molecular weight is 452 g/mol. The largest absolute Gasteiger partial charge is 0.496 e. The van der Waals surface area contributed by atoms with Crippen LogP contribution in [0.4, 0.5) is 4.39 Å². The lowest BCUT2D eigenvalue weighted by atomic mass is 10.1. The zero-order valence-corrected chi connectivity index (χ0v) is 18.6. The second-order valence-corrected chi connectivity index (χ2v) is 10.3. The van der Waals surface area contributed by atoms with E-state index in [-0.39, 0.29) is 35.6 Å². The van der Waals surface area contributed by atoms with Gasteiger partial charge >= 0.3 is 0 Å². The number of amides is 1. The Hall–Kier alpha value is -2.75. The number of hydrogen-bond acceptors (Lipinski definition) is 6. The van der Waals surface area contributed by atoms with Gasteiger partial charge in [0.1, 0.15) is 18.1 Å². The summed E-state index contributed by atoms with van der Waals surface area (Å²) in [6.07, 6.45) is 0.385. The Balaban J connectivity index is 1.89. The molecule has 0 spiro atoms. The smallest absolute Gasteiger partial charge is 0.267 e. The molecule has 168 valence electrons. The highest BCUT2D eigenvalue weighted by Gasteiger charge is 2.35. The molecule has 0 radical (unpaired) electrons. The molecule has 1 aliphatic rings. The number of methoxy groups -OCH3 is 1. The molecule has 1 aromatic heterocycles. The molecule has 1 fully saturated rings. The van der Waals surface area contributed by atoms with Crippen LogP contribution in [0.1, 0.15) is 20.3 Å². The molecule has 0 bridgehead atoms. The number of halogens is 1. The van der Waals surface area contributed by atoms with Gasteiger partial charge in [0.25, 0.3) is 5.56 Å². The third-order valence-electron chi connectivity index (χ3n) is 5.12. The molecule has 1 atom stereocenters. The molecular weight excluding hydrogens is 425 g/mol. The van der Waals surface area contributed by atoms with E-state index in [0.29, 0.717) is 24.2 Å². The van der Waals surface area contributed by atoms with Crippen molar-refractivity contribution < 1.29 is 22.3 Å². The van der Waals surface area contributed by atoms with E-state index in [2.05, 4.69) is 5.10 Å². The predicted molar refractivity (Wildman–Crippen MR) is 114 cm³/mol. The van der Waals surface area contributed by atoms with Crippen LogP contribution in [0.25, 0.3) is 11.3 Å². The summed E-state index contributed by atoms with van der Waals surface area (Å²) in [6.45, 7) is 3.95. The topological polar surface area (TPSA) is 98.6 Å². The number of sulfone groups is 1. The minimum absolute atomic E-state index is 0.0532. The summed E-state index contributed by atoms with van der Waals surface area (Å²) < 4.78 is 43.6. The van der Waals surface area contributed by atoms with Gasteiger partial charge in [-0.2, -0.15) is 5.10 Å². The first-order valence-corrected chi connectivity index (χ1v) is 11.8. The first-order valence-electron chi connectivity index (χ1n) is 10.0. The van der Waals surface area contributed by atoms with Crippen molar-refractivity contribution in [3.63, 3.8) is 0 Å². The zero-order chi connectivity index (χ0) is 22.8. The van der Waals surface area contributed by atoms with Gasteiger partial charge < -0.3 is 9.64 Å². The molecule has 1 aromatic carbocycles. The quantitative estimate of drug-likeness (QED) is 0.636. The van der Waals surface area contributed by atoms with Crippen LogP contribution in [0.2, 0.25) is 0 Å². The summed E-state index contributed by atoms with van der Waals surface area (Å²) >= 11 is 0. The first-order chi connectivity index (χ1) is 14.6. The monoisotopic (exact) mass is 451 g/mol. The molecule has 2 aromatic rings. The van der Waals surface area contributed by atoms with Crippen molar-refractivity contribution in [2.24, 2.45) is 5.92 Å². The summed E-state index contributed by atoms with van der Waals surface area (Å²) in [4.78, 5) is 27.0. The summed E-state index contributed by atoms with van der Waals surface area (Å²) in [5, 5.41) is 4.27. The van der Waals surface area contributed by atoms with Crippen LogP contribution >= 0.6 is 0 Å². The maximum Gasteiger partial charge on any atom is 0.267 e. The van der Waals surface area contributed by atoms with Crippen LogP contribution in [-0.2, 0) is 21.2 Å². The zero-order valence-electron chi connectivity index (χ0n) is 17.7. The highest BCUT2D eigenvalue weighted by atomic mass is 32.2. The third kappa shape index (κ3) is 5.49. The summed E-state index contributed by atoms with van der Waals surface area (Å²) in [5.41, 5.74) is 0.357. The Morgan fingerprint density at radius 3 is 2.68 bits per heavy atom. The Labute approximate surface area is 180 Å². The van der Waals surface area contributed by atoms with Gasteiger partial charge in [-0.3, -0.25) is 9.59 Å². The number of carbonyl (C=O) groups excluding carboxylic acids is 1. The van der Waals surface area contributed by atoms with E-state index in [1.807, 2.05) is 13.8 Å². The van der Waals surface area contributed by atoms with E-state index < -0.39 is 27.3 Å². The molecule has 3 rings (SSSR count). The molecule has 1 saturated heterocycles. The first kappa shape index (κ1) is 22.9. The highest BCUT2D eigenvalue weighted by molar-refractivity contribution is 7.91. The molecule has 0 unspecified atom stereocenters. The van der Waals surface area contributed by atoms with Crippen molar-refractivity contribution >= 4 is 15.7 Å². The highest BCUT2D eigenvalue weighted by Crippen LogP contribution is 2.28. The van der Waals surface area contributed by atoms with Gasteiger partial charge in [0.2, 0.25) is 5.91 Å². The van der Waals surface area contributed by atoms with Crippen LogP contribution in [-0.4, -0.2) is 60.2 Å². The normalized spacial score (nSPS) is 17.6. The minimum Gasteiger partial charge on any atom is -0.496 e. The lowest BCUT2D eigenvalue weighted by Gasteiger charge is -2.30. The van der Waals surface area contributed by atoms with Crippen molar-refractivity contribution in [3.8, 4) is 17.0 Å². The maximum atomic E-state index is 13.5. The van der Waals surface area contributed by atoms with Crippen molar-refractivity contribution in [1.29, 1.82) is 0 Å². The number of aromatic nitrogens is 2. The van der Waals surface area contributed by atoms with Crippen molar-refractivity contribution in [1.82, 2.24) is 14.7 Å². The SMILES string of the molecule is COc1cc(F)ccc1-c1ccc(=O)n(CC(=O)N(CC(C)C)[C@H]2CCS(=O)(=O)C2)n1. The lowest BCUT2D eigenvalue weighted by Crippen LogP contribution is -2.46. The van der Waals surface area contributed by atoms with E-state index in [4.69, 9.17) is 4.74 Å². The van der Waals surface area contributed by atoms with Gasteiger partial charge in [0.05, 0.1) is 24.3 Å². The molecule has 1 aliphatic heterocycles. The molecule has 2 heterocycles. The molecule has 10 heteroatoms. The molecule has 0 saturated carbocycles. The summed E-state index contributed by atoms with van der Waals surface area (Å²) in [5.74, 6) is -0.472. The maximum absolute atomic E-state index is 13.5. The van der Waals surface area contributed by atoms with E-state index in [0.717, 1.165) is 4.68 Å². The van der Waals surface area contributed by atoms with Crippen molar-refractivity contribution in [2.75, 3.05) is 25.2 Å². The second-order valence-electron chi connectivity index (χ2n) is 8.06. The Morgan fingerprint density at radius 1 is 1.32 bits per heavy atom. The van der Waals surface area contributed by atoms with Gasteiger partial charge in [-0.1, -0.05) is 13.8 Å². The fourth-order valence-corrected chi connectivity index (χ4v) is 5.40. The molecule has 0 N–H and O–H groups in total. The van der Waals surface area contributed by atoms with E-state index in [1.165, 1.54) is 37.4 Å². The van der Waals surface area contributed by atoms with Crippen molar-refractivity contribution in [3.05, 3.63) is 46.5 Å². The van der Waals surface area contributed by atoms with E-state index in [1.54, 1.807) is 4.90 Å². The fraction of sp³-hybridized carbons (Fsp3) is 0.476. The van der Waals surface area contributed by atoms with Crippen LogP contribution in [0.15, 0.2) is 35.1 Å². The van der Waals surface area contributed by atoms with E-state index in [9.17, 15) is 22.4 Å². The molecule has 31 heavy (non-hydrogen) atoms. The number of hydrogen-bond donors (Lipinski definition) is 0. The van der Waals surface area contributed by atoms with Crippen molar-refractivity contribution in [2.45, 2.75) is 32.9 Å². The number of ether oxygens (including phenoxy) is 1. The molecule has 0 aliphatic carbocycles. The van der Waals surface area contributed by atoms with Crippen LogP contribution in [0.5, 0.6) is 5.75 Å². The third-order valence-corrected chi connectivity index (χ3v) is 6.87. The standard InChI is InChI=1S/C21H26FN3O5S/c1-14(2)11-24(16-8-9-31(28,29)13-16)21(27)12-25-20(26)7-6-18(23-25)17-5-4-15(22)10-19(17)30-3/h4-7,10,14,16H,8-9,11-13H2,1-3H3/t16-/m0/s1. The minimum atomic E-state index is -3.17. The molecule has 8 nitrogen and oxygen atoms in total. The van der Waals surface area contributed by atoms with Crippen LogP contribution in [0, 0.1) is 11.7 Å². The van der Waals surface area contributed by atoms with Gasteiger partial charge in [0.15, 0.2) is 9.84 Å². The van der Waals surface area contributed by atoms with Gasteiger partial charge in [0, 0.05) is 30.3 Å². The molecule has 1 amide bonds. The number of nitrogens with zero attached hydrogens (tertiary/aromatic N) is 3. The van der Waals surface area contributed by atoms with Crippen LogP contribution in [0.3, 0.4) is 0 Å². The van der Waals surface area contributed by atoms with Gasteiger partial charge in [-0.15, -0.1) is 0 Å². The number of carbonyl (C=O) groups is 1. The number of benzene rings is 1. The Bertz CT molecular complexity index is 1130. The Morgan fingerprint density at radius 2 is 2.06 bits per heavy atom. The summed E-state index contributed by atoms with van der Waals surface area (Å²) in [7, 11) is -1.77. The average Bonchev–Trinajstić information content (AvgIpc) is 3.07. The lowest BCUT2D eigenvalue weighted by molar-refractivity contribution is -0.134. The second kappa shape index (κ2) is 9.17.